The molecule has 5 atom stereocenters. The van der Waals surface area contributed by atoms with Crippen LogP contribution >= 0.6 is 11.5 Å². The minimum absolute atomic E-state index is 0.0304. The summed E-state index contributed by atoms with van der Waals surface area (Å²) >= 11 is 1.14. The number of aryl methyl sites for hydroxylation is 1. The first-order valence-corrected chi connectivity index (χ1v) is 20.2. The first-order chi connectivity index (χ1) is 27.3. The number of likely N-dealkylation sites (tertiary alicyclic amines) is 1. The highest BCUT2D eigenvalue weighted by Gasteiger charge is 2.76. The maximum absolute atomic E-state index is 14.4. The lowest BCUT2D eigenvalue weighted by Crippen LogP contribution is -2.54. The molecule has 1 saturated heterocycles. The summed E-state index contributed by atoms with van der Waals surface area (Å²) in [6.45, 7) is 25.0. The highest BCUT2D eigenvalue weighted by Crippen LogP contribution is 2.73. The van der Waals surface area contributed by atoms with Crippen molar-refractivity contribution in [2.45, 2.75) is 114 Å². The molecule has 2 fully saturated rings. The molecule has 0 bridgehead atoms. The molecule has 1 aliphatic heterocycles. The zero-order chi connectivity index (χ0) is 44.3. The Kier molecular flexibility index (Phi) is 17.2. The average molecular weight is 820 g/mol. The van der Waals surface area contributed by atoms with Gasteiger partial charge in [-0.1, -0.05) is 87.2 Å². The van der Waals surface area contributed by atoms with Crippen molar-refractivity contribution in [1.82, 2.24) is 29.9 Å². The second kappa shape index (κ2) is 20.4. The van der Waals surface area contributed by atoms with Gasteiger partial charge >= 0.3 is 12.1 Å². The molecule has 3 aromatic heterocycles. The van der Waals surface area contributed by atoms with Crippen LogP contribution in [0.3, 0.4) is 0 Å². The Balaban J connectivity index is 0.00000135. The second-order valence-electron chi connectivity index (χ2n) is 14.7. The molecule has 0 spiro atoms. The van der Waals surface area contributed by atoms with Gasteiger partial charge in [0.25, 0.3) is 0 Å². The molecule has 2 unspecified atom stereocenters. The summed E-state index contributed by atoms with van der Waals surface area (Å²) in [6.07, 6.45) is 9.02. The average Bonchev–Trinajstić information content (AvgIpc) is 3.46. The minimum Gasteiger partial charge on any atom is -0.339 e. The van der Waals surface area contributed by atoms with Crippen LogP contribution in [0.1, 0.15) is 117 Å². The summed E-state index contributed by atoms with van der Waals surface area (Å²) in [4.78, 5) is 49.3. The molecule has 58 heavy (non-hydrogen) atoms. The number of alkyl halides is 3. The number of hydrogen-bond donors (Lipinski definition) is 2. The number of pyridine rings is 2. The molecule has 312 valence electrons. The van der Waals surface area contributed by atoms with Gasteiger partial charge < -0.3 is 15.5 Å². The Morgan fingerprint density at radius 3 is 2.24 bits per heavy atom. The van der Waals surface area contributed by atoms with E-state index in [1.165, 1.54) is 11.1 Å². The van der Waals surface area contributed by atoms with Crippen LogP contribution in [0, 0.1) is 65.6 Å². The number of halogens is 3. The Hall–Kier alpha value is -5.26. The van der Waals surface area contributed by atoms with Crippen LogP contribution in [0.2, 0.25) is 0 Å². The summed E-state index contributed by atoms with van der Waals surface area (Å²) in [5.74, 6) is 4.71. The van der Waals surface area contributed by atoms with Crippen LogP contribution in [0.5, 0.6) is 0 Å². The summed E-state index contributed by atoms with van der Waals surface area (Å²) in [5, 5.41) is 15.2. The van der Waals surface area contributed by atoms with Crippen molar-refractivity contribution in [3.8, 4) is 30.3 Å². The number of nitrogens with zero attached hydrogens (tertiary/aromatic N) is 5. The van der Waals surface area contributed by atoms with Crippen molar-refractivity contribution in [2.75, 3.05) is 13.1 Å². The van der Waals surface area contributed by atoms with Gasteiger partial charge in [-0.25, -0.2) is 0 Å². The molecule has 14 heteroatoms. The Morgan fingerprint density at radius 1 is 1.10 bits per heavy atom. The molecule has 0 radical (unpaired) electrons. The third-order valence-corrected chi connectivity index (χ3v) is 11.1. The van der Waals surface area contributed by atoms with E-state index in [9.17, 15) is 32.8 Å². The molecule has 5 rings (SSSR count). The van der Waals surface area contributed by atoms with Gasteiger partial charge in [-0.3, -0.25) is 24.4 Å². The fourth-order valence-corrected chi connectivity index (χ4v) is 8.28. The number of rotatable bonds is 8. The summed E-state index contributed by atoms with van der Waals surface area (Å²) in [5.41, 5.74) is 2.67. The van der Waals surface area contributed by atoms with Crippen molar-refractivity contribution in [1.29, 1.82) is 5.26 Å². The number of fused-ring (bicyclic) bond motifs is 2. The minimum atomic E-state index is -5.19. The molecule has 1 aliphatic carbocycles. The zero-order valence-corrected chi connectivity index (χ0v) is 36.6. The zero-order valence-electron chi connectivity index (χ0n) is 35.8. The SMILES string of the molecule is C#C/C(=C/C)c1c(C)cncc1C(C)(C)C1(C)[C@@H]2[C@@H](C(=O)NC(C#N)c3cncc4snc(C#CC)c34)N(C(=O)CNC(=O)C(F)(F)F)C[C@@H]21.CC.CC.CC(C)C. The van der Waals surface area contributed by atoms with E-state index >= 15 is 0 Å². The van der Waals surface area contributed by atoms with Crippen molar-refractivity contribution < 1.29 is 27.6 Å². The molecule has 2 N–H and O–H groups in total. The van der Waals surface area contributed by atoms with Gasteiger partial charge in [0.1, 0.15) is 17.8 Å². The molecule has 3 amide bonds. The van der Waals surface area contributed by atoms with Gasteiger partial charge in [-0.15, -0.1) is 6.42 Å². The van der Waals surface area contributed by atoms with E-state index in [-0.39, 0.29) is 12.5 Å². The van der Waals surface area contributed by atoms with Crippen LogP contribution < -0.4 is 10.6 Å². The quantitative estimate of drug-likeness (QED) is 0.218. The molecule has 1 saturated carbocycles. The van der Waals surface area contributed by atoms with Crippen molar-refractivity contribution in [2.24, 2.45) is 23.2 Å². The number of allylic oxidation sites excluding steroid dienone is 2. The van der Waals surface area contributed by atoms with Crippen molar-refractivity contribution in [3.05, 3.63) is 58.8 Å². The van der Waals surface area contributed by atoms with E-state index < -0.39 is 59.3 Å². The Labute approximate surface area is 345 Å². The number of aromatic nitrogens is 3. The standard InChI is InChI=1S/C36H34F3N7O3S.C4H10.2C2H6/c1-8-11-24-29-21(14-42-16-26(29)50-45-24)25(12-40)44-32(48)31-30-23(18-46(31)27(47)17-43-33(49)36(37,38)39)35(30,7)34(5,6)22-15-41-13-19(4)28(22)20(9-2)10-3;1-4(2)3;2*1-2/h2,10,13-16,23,25,30-31H,17-18H2,1,3-7H3,(H,43,49)(H,44,48);4H,1-3H3;2*1-2H3/b20-10-;;;/t23-,25?,30-,31-,35?;;;/m0.../s1. The predicted octanol–water partition coefficient (Wildman–Crippen LogP) is 8.32. The topological polar surface area (TPSA) is 141 Å². The fourth-order valence-electron chi connectivity index (χ4n) is 7.54. The van der Waals surface area contributed by atoms with Crippen LogP contribution in [-0.4, -0.2) is 62.3 Å². The number of nitriles is 1. The van der Waals surface area contributed by atoms with E-state index in [0.717, 1.165) is 34.1 Å². The van der Waals surface area contributed by atoms with Crippen LogP contribution in [0.4, 0.5) is 13.2 Å². The van der Waals surface area contributed by atoms with Gasteiger partial charge in [0.05, 0.1) is 17.3 Å². The number of piperidine rings is 1. The molecule has 0 aromatic carbocycles. The van der Waals surface area contributed by atoms with E-state index in [2.05, 4.69) is 64.3 Å². The van der Waals surface area contributed by atoms with Crippen LogP contribution in [-0.2, 0) is 19.8 Å². The van der Waals surface area contributed by atoms with Gasteiger partial charge in [-0.2, -0.15) is 22.8 Å². The largest absolute Gasteiger partial charge is 0.471 e. The third kappa shape index (κ3) is 9.88. The smallest absolute Gasteiger partial charge is 0.339 e. The predicted molar refractivity (Wildman–Crippen MR) is 224 cm³/mol. The van der Waals surface area contributed by atoms with Gasteiger partial charge in [0, 0.05) is 47.9 Å². The highest BCUT2D eigenvalue weighted by molar-refractivity contribution is 7.13. The van der Waals surface area contributed by atoms with Gasteiger partial charge in [0.15, 0.2) is 0 Å². The highest BCUT2D eigenvalue weighted by atomic mass is 32.1. The lowest BCUT2D eigenvalue weighted by molar-refractivity contribution is -0.174. The van der Waals surface area contributed by atoms with E-state index in [1.807, 2.05) is 68.4 Å². The monoisotopic (exact) mass is 819 g/mol. The second-order valence-corrected chi connectivity index (χ2v) is 15.6. The lowest BCUT2D eigenvalue weighted by atomic mass is 9.66. The van der Waals surface area contributed by atoms with Gasteiger partial charge in [-0.05, 0) is 83.5 Å². The molecule has 10 nitrogen and oxygen atoms in total. The summed E-state index contributed by atoms with van der Waals surface area (Å²) < 4.78 is 43.9. The first-order valence-electron chi connectivity index (χ1n) is 19.4. The molecule has 2 aliphatic rings. The van der Waals surface area contributed by atoms with Gasteiger partial charge in [0.2, 0.25) is 11.8 Å². The Morgan fingerprint density at radius 2 is 1.71 bits per heavy atom. The molecule has 3 aromatic rings. The first kappa shape index (κ1) is 48.9. The number of hydrogen-bond acceptors (Lipinski definition) is 8. The molecule has 4 heterocycles. The normalized spacial score (nSPS) is 19.8. The van der Waals surface area contributed by atoms with Crippen molar-refractivity contribution >= 4 is 44.9 Å². The molecular weight excluding hydrogens is 764 g/mol. The number of terminal acetylenes is 1. The Bertz CT molecular complexity index is 2130. The number of carbonyl (C=O) groups excluding carboxylic acids is 3. The number of carbonyl (C=O) groups is 3. The number of amides is 3. The number of nitrogens with one attached hydrogen (secondary N) is 2. The summed E-state index contributed by atoms with van der Waals surface area (Å²) in [7, 11) is 0. The van der Waals surface area contributed by atoms with E-state index in [4.69, 9.17) is 6.42 Å². The van der Waals surface area contributed by atoms with Crippen LogP contribution in [0.15, 0.2) is 30.9 Å². The van der Waals surface area contributed by atoms with E-state index in [0.29, 0.717) is 26.9 Å². The maximum atomic E-state index is 14.4. The van der Waals surface area contributed by atoms with Crippen molar-refractivity contribution in [3.63, 3.8) is 0 Å². The van der Waals surface area contributed by atoms with E-state index in [1.54, 1.807) is 30.8 Å². The third-order valence-electron chi connectivity index (χ3n) is 10.4. The summed E-state index contributed by atoms with van der Waals surface area (Å²) in [6, 6.07) is -0.310. The van der Waals surface area contributed by atoms with Crippen LogP contribution in [0.25, 0.3) is 15.7 Å². The maximum Gasteiger partial charge on any atom is 0.471 e. The fraction of sp³-hybridized carbons (Fsp3) is 0.523. The lowest BCUT2D eigenvalue weighted by Gasteiger charge is -2.41. The molecular formula is C44H56F3N7O3S.